The third-order valence-electron chi connectivity index (χ3n) is 3.42. The van der Waals surface area contributed by atoms with Gasteiger partial charge in [0.2, 0.25) is 5.95 Å². The second-order valence-corrected chi connectivity index (χ2v) is 5.48. The number of carbonyl (C=O) groups excluding carboxylic acids is 1. The highest BCUT2D eigenvalue weighted by Gasteiger charge is 2.15. The Kier molecular flexibility index (Phi) is 5.32. The molecule has 0 saturated carbocycles. The van der Waals surface area contributed by atoms with E-state index in [9.17, 15) is 4.79 Å². The normalized spacial score (nSPS) is 15.6. The molecule has 21 heavy (non-hydrogen) atoms. The van der Waals surface area contributed by atoms with Crippen LogP contribution in [0.5, 0.6) is 0 Å². The van der Waals surface area contributed by atoms with Crippen LogP contribution in [0.4, 0.5) is 16.6 Å². The van der Waals surface area contributed by atoms with E-state index in [4.69, 9.17) is 4.74 Å². The maximum atomic E-state index is 11.9. The van der Waals surface area contributed by atoms with Gasteiger partial charge in [-0.05, 0) is 25.7 Å². The van der Waals surface area contributed by atoms with E-state index in [1.165, 1.54) is 0 Å². The Hall–Kier alpha value is -1.89. The van der Waals surface area contributed by atoms with Crippen molar-refractivity contribution < 1.29 is 9.53 Å². The van der Waals surface area contributed by atoms with E-state index in [0.29, 0.717) is 18.4 Å². The number of urea groups is 1. The molecule has 116 valence electrons. The van der Waals surface area contributed by atoms with Crippen molar-refractivity contribution in [2.24, 2.45) is 5.92 Å². The molecule has 0 radical (unpaired) electrons. The SMILES string of the molecule is Cc1cc(N(C)C)nc(NC(=O)NCC2CCOCC2)n1. The molecule has 2 amide bonds. The highest BCUT2D eigenvalue weighted by atomic mass is 16.5. The predicted octanol–water partition coefficient (Wildman–Crippen LogP) is 1.40. The zero-order valence-electron chi connectivity index (χ0n) is 12.8. The highest BCUT2D eigenvalue weighted by Crippen LogP contribution is 2.14. The van der Waals surface area contributed by atoms with Gasteiger partial charge in [0.15, 0.2) is 0 Å². The molecule has 1 aromatic heterocycles. The summed E-state index contributed by atoms with van der Waals surface area (Å²) < 4.78 is 5.30. The second kappa shape index (κ2) is 7.21. The summed E-state index contributed by atoms with van der Waals surface area (Å²) in [5.41, 5.74) is 0.813. The lowest BCUT2D eigenvalue weighted by Gasteiger charge is -2.22. The fourth-order valence-corrected chi connectivity index (χ4v) is 2.17. The Balaban J connectivity index is 1.87. The van der Waals surface area contributed by atoms with Crippen LogP contribution in [0.15, 0.2) is 6.07 Å². The minimum Gasteiger partial charge on any atom is -0.381 e. The van der Waals surface area contributed by atoms with Crippen molar-refractivity contribution >= 4 is 17.8 Å². The second-order valence-electron chi connectivity index (χ2n) is 5.48. The molecule has 7 heteroatoms. The summed E-state index contributed by atoms with van der Waals surface area (Å²) in [4.78, 5) is 22.3. The molecule has 1 aromatic rings. The molecule has 0 aliphatic carbocycles. The number of ether oxygens (including phenoxy) is 1. The van der Waals surface area contributed by atoms with Crippen molar-refractivity contribution in [3.63, 3.8) is 0 Å². The molecule has 7 nitrogen and oxygen atoms in total. The molecule has 2 rings (SSSR count). The third-order valence-corrected chi connectivity index (χ3v) is 3.42. The number of aryl methyl sites for hydroxylation is 1. The number of anilines is 2. The van der Waals surface area contributed by atoms with Gasteiger partial charge in [0.25, 0.3) is 0 Å². The Morgan fingerprint density at radius 1 is 1.38 bits per heavy atom. The van der Waals surface area contributed by atoms with Gasteiger partial charge in [-0.15, -0.1) is 0 Å². The standard InChI is InChI=1S/C14H23N5O2/c1-10-8-12(19(2)3)17-13(16-10)18-14(20)15-9-11-4-6-21-7-5-11/h8,11H,4-7,9H2,1-3H3,(H2,15,16,17,18,20). The zero-order chi connectivity index (χ0) is 15.2. The number of hydrogen-bond donors (Lipinski definition) is 2. The Morgan fingerprint density at radius 2 is 2.10 bits per heavy atom. The quantitative estimate of drug-likeness (QED) is 0.877. The molecule has 2 heterocycles. The van der Waals surface area contributed by atoms with Crippen molar-refractivity contribution in [3.8, 4) is 0 Å². The average molecular weight is 293 g/mol. The lowest BCUT2D eigenvalue weighted by Crippen LogP contribution is -2.35. The van der Waals surface area contributed by atoms with Crippen molar-refractivity contribution in [2.75, 3.05) is 44.1 Å². The van der Waals surface area contributed by atoms with Crippen LogP contribution in [0.3, 0.4) is 0 Å². The average Bonchev–Trinajstić information content (AvgIpc) is 2.45. The predicted molar refractivity (Wildman–Crippen MR) is 81.7 cm³/mol. The maximum absolute atomic E-state index is 11.9. The first kappa shape index (κ1) is 15.5. The van der Waals surface area contributed by atoms with Gasteiger partial charge in [-0.3, -0.25) is 5.32 Å². The van der Waals surface area contributed by atoms with Crippen LogP contribution < -0.4 is 15.5 Å². The number of aromatic nitrogens is 2. The molecule has 0 unspecified atom stereocenters. The number of hydrogen-bond acceptors (Lipinski definition) is 5. The van der Waals surface area contributed by atoms with Crippen LogP contribution in [0.25, 0.3) is 0 Å². The number of nitrogens with zero attached hydrogens (tertiary/aromatic N) is 3. The lowest BCUT2D eigenvalue weighted by atomic mass is 10.0. The summed E-state index contributed by atoms with van der Waals surface area (Å²) in [5.74, 6) is 1.57. The van der Waals surface area contributed by atoms with Gasteiger partial charge in [0.1, 0.15) is 5.82 Å². The van der Waals surface area contributed by atoms with Crippen LogP contribution in [0, 0.1) is 12.8 Å². The molecule has 1 saturated heterocycles. The Bertz CT molecular complexity index is 486. The van der Waals surface area contributed by atoms with E-state index in [1.54, 1.807) is 0 Å². The largest absolute Gasteiger partial charge is 0.381 e. The molecule has 0 aromatic carbocycles. The van der Waals surface area contributed by atoms with E-state index in [-0.39, 0.29) is 6.03 Å². The van der Waals surface area contributed by atoms with Gasteiger partial charge in [-0.25, -0.2) is 9.78 Å². The van der Waals surface area contributed by atoms with Gasteiger partial charge in [0.05, 0.1) is 0 Å². The summed E-state index contributed by atoms with van der Waals surface area (Å²) in [7, 11) is 3.80. The van der Waals surface area contributed by atoms with Crippen molar-refractivity contribution in [1.29, 1.82) is 0 Å². The molecule has 0 spiro atoms. The van der Waals surface area contributed by atoms with Gasteiger partial charge < -0.3 is 15.0 Å². The van der Waals surface area contributed by atoms with Gasteiger partial charge in [-0.1, -0.05) is 0 Å². The number of amides is 2. The number of rotatable bonds is 4. The Morgan fingerprint density at radius 3 is 2.76 bits per heavy atom. The topological polar surface area (TPSA) is 79.4 Å². The smallest absolute Gasteiger partial charge is 0.321 e. The van der Waals surface area contributed by atoms with E-state index in [0.717, 1.165) is 37.6 Å². The summed E-state index contributed by atoms with van der Waals surface area (Å²) in [6.07, 6.45) is 1.98. The van der Waals surface area contributed by atoms with Crippen LogP contribution in [0.2, 0.25) is 0 Å². The first-order valence-electron chi connectivity index (χ1n) is 7.20. The maximum Gasteiger partial charge on any atom is 0.321 e. The molecule has 1 fully saturated rings. The van der Waals surface area contributed by atoms with Gasteiger partial charge in [0, 0.05) is 45.6 Å². The van der Waals surface area contributed by atoms with Crippen molar-refractivity contribution in [2.45, 2.75) is 19.8 Å². The van der Waals surface area contributed by atoms with Gasteiger partial charge in [-0.2, -0.15) is 4.98 Å². The summed E-state index contributed by atoms with van der Waals surface area (Å²) in [6.45, 7) is 4.09. The molecule has 2 N–H and O–H groups in total. The minimum absolute atomic E-state index is 0.267. The van der Waals surface area contributed by atoms with Crippen LogP contribution in [0.1, 0.15) is 18.5 Å². The fourth-order valence-electron chi connectivity index (χ4n) is 2.17. The Labute approximate surface area is 125 Å². The van der Waals surface area contributed by atoms with Crippen LogP contribution in [-0.2, 0) is 4.74 Å². The summed E-state index contributed by atoms with van der Waals surface area (Å²) in [6, 6.07) is 1.60. The van der Waals surface area contributed by atoms with Crippen LogP contribution in [-0.4, -0.2) is 49.9 Å². The van der Waals surface area contributed by atoms with Crippen molar-refractivity contribution in [3.05, 3.63) is 11.8 Å². The summed E-state index contributed by atoms with van der Waals surface area (Å²) >= 11 is 0. The highest BCUT2D eigenvalue weighted by molar-refractivity contribution is 5.87. The molecule has 0 atom stereocenters. The van der Waals surface area contributed by atoms with Gasteiger partial charge >= 0.3 is 6.03 Å². The number of nitrogens with one attached hydrogen (secondary N) is 2. The lowest BCUT2D eigenvalue weighted by molar-refractivity contribution is 0.0671. The third kappa shape index (κ3) is 4.86. The zero-order valence-corrected chi connectivity index (χ0v) is 12.8. The summed E-state index contributed by atoms with van der Waals surface area (Å²) in [5, 5.41) is 5.56. The molecule has 1 aliphatic heterocycles. The minimum atomic E-state index is -0.267. The monoisotopic (exact) mass is 293 g/mol. The first-order chi connectivity index (χ1) is 10.0. The van der Waals surface area contributed by atoms with Crippen LogP contribution >= 0.6 is 0 Å². The van der Waals surface area contributed by atoms with E-state index in [1.807, 2.05) is 32.0 Å². The molecular formula is C14H23N5O2. The fraction of sp³-hybridized carbons (Fsp3) is 0.643. The van der Waals surface area contributed by atoms with E-state index >= 15 is 0 Å². The van der Waals surface area contributed by atoms with E-state index in [2.05, 4.69) is 20.6 Å². The van der Waals surface area contributed by atoms with E-state index < -0.39 is 0 Å². The molecule has 0 bridgehead atoms. The molecular weight excluding hydrogens is 270 g/mol. The number of carbonyl (C=O) groups is 1. The molecule has 1 aliphatic rings. The van der Waals surface area contributed by atoms with Crippen molar-refractivity contribution in [1.82, 2.24) is 15.3 Å². The first-order valence-corrected chi connectivity index (χ1v) is 7.20.